The molecule has 21 heavy (non-hydrogen) atoms. The number of carbonyl (C=O) groups excluding carboxylic acids is 1. The number of Topliss-reactive ketones (excluding diaryl/α,β-unsaturated/α-hetero) is 1. The summed E-state index contributed by atoms with van der Waals surface area (Å²) in [5, 5.41) is 1.03. The standard InChI is InChI=1S/C19H15NO/c21-19(17-12-16(17)13-5-2-1-3-6-13)15-8-9-18-14(11-15)7-4-10-20-18/h1-11,16-17H,12H2. The largest absolute Gasteiger partial charge is 0.294 e. The van der Waals surface area contributed by atoms with Gasteiger partial charge in [0.05, 0.1) is 5.52 Å². The van der Waals surface area contributed by atoms with Gasteiger partial charge in [0.25, 0.3) is 0 Å². The first-order chi connectivity index (χ1) is 10.3. The third kappa shape index (κ3) is 2.23. The zero-order valence-corrected chi connectivity index (χ0v) is 11.6. The van der Waals surface area contributed by atoms with E-state index in [0.717, 1.165) is 22.9 Å². The predicted molar refractivity (Wildman–Crippen MR) is 83.4 cm³/mol. The number of hydrogen-bond acceptors (Lipinski definition) is 2. The predicted octanol–water partition coefficient (Wildman–Crippen LogP) is 4.22. The van der Waals surface area contributed by atoms with Crippen molar-refractivity contribution in [1.82, 2.24) is 4.98 Å². The van der Waals surface area contributed by atoms with Crippen LogP contribution in [0.2, 0.25) is 0 Å². The number of aromatic nitrogens is 1. The molecule has 2 nitrogen and oxygen atoms in total. The monoisotopic (exact) mass is 273 g/mol. The minimum atomic E-state index is 0.140. The van der Waals surface area contributed by atoms with Gasteiger partial charge in [-0.05, 0) is 42.2 Å². The molecule has 3 aromatic rings. The van der Waals surface area contributed by atoms with Gasteiger partial charge in [0.2, 0.25) is 0 Å². The van der Waals surface area contributed by atoms with Crippen molar-refractivity contribution in [1.29, 1.82) is 0 Å². The molecule has 2 aromatic carbocycles. The van der Waals surface area contributed by atoms with Crippen LogP contribution in [0.15, 0.2) is 66.9 Å². The summed E-state index contributed by atoms with van der Waals surface area (Å²) in [7, 11) is 0. The summed E-state index contributed by atoms with van der Waals surface area (Å²) in [5.74, 6) is 0.791. The van der Waals surface area contributed by atoms with E-state index in [0.29, 0.717) is 5.92 Å². The normalized spacial score (nSPS) is 20.4. The van der Waals surface area contributed by atoms with Gasteiger partial charge < -0.3 is 0 Å². The summed E-state index contributed by atoms with van der Waals surface area (Å²) in [6.07, 6.45) is 2.74. The molecule has 0 saturated heterocycles. The van der Waals surface area contributed by atoms with Gasteiger partial charge in [0.15, 0.2) is 5.78 Å². The molecule has 0 amide bonds. The molecular weight excluding hydrogens is 258 g/mol. The van der Waals surface area contributed by atoms with Crippen LogP contribution in [-0.2, 0) is 0 Å². The van der Waals surface area contributed by atoms with E-state index in [-0.39, 0.29) is 11.7 Å². The molecule has 2 heteroatoms. The number of hydrogen-bond donors (Lipinski definition) is 0. The summed E-state index contributed by atoms with van der Waals surface area (Å²) in [4.78, 5) is 16.9. The van der Waals surface area contributed by atoms with Crippen LogP contribution in [0.4, 0.5) is 0 Å². The SMILES string of the molecule is O=C(c1ccc2ncccc2c1)C1CC1c1ccccc1. The summed E-state index contributed by atoms with van der Waals surface area (Å²) >= 11 is 0. The molecule has 0 N–H and O–H groups in total. The van der Waals surface area contributed by atoms with Crippen molar-refractivity contribution in [2.24, 2.45) is 5.92 Å². The number of benzene rings is 2. The highest BCUT2D eigenvalue weighted by Gasteiger charge is 2.43. The molecule has 1 aromatic heterocycles. The van der Waals surface area contributed by atoms with Crippen LogP contribution in [-0.4, -0.2) is 10.8 Å². The number of rotatable bonds is 3. The molecule has 1 saturated carbocycles. The fourth-order valence-electron chi connectivity index (χ4n) is 3.00. The van der Waals surface area contributed by atoms with Crippen LogP contribution >= 0.6 is 0 Å². The van der Waals surface area contributed by atoms with E-state index >= 15 is 0 Å². The van der Waals surface area contributed by atoms with Crippen molar-refractivity contribution in [2.75, 3.05) is 0 Å². The highest BCUT2D eigenvalue weighted by Crippen LogP contribution is 2.49. The lowest BCUT2D eigenvalue weighted by Gasteiger charge is -2.03. The summed E-state index contributed by atoms with van der Waals surface area (Å²) in [5.41, 5.74) is 3.02. The molecule has 1 aliphatic rings. The topological polar surface area (TPSA) is 30.0 Å². The van der Waals surface area contributed by atoms with Crippen molar-refractivity contribution in [3.05, 3.63) is 78.0 Å². The summed E-state index contributed by atoms with van der Waals surface area (Å²) in [6.45, 7) is 0. The maximum absolute atomic E-state index is 12.6. The van der Waals surface area contributed by atoms with Crippen molar-refractivity contribution < 1.29 is 4.79 Å². The van der Waals surface area contributed by atoms with Gasteiger partial charge in [-0.3, -0.25) is 9.78 Å². The molecule has 0 spiro atoms. The third-order valence-corrected chi connectivity index (χ3v) is 4.24. The molecule has 1 heterocycles. The molecule has 2 unspecified atom stereocenters. The number of nitrogens with zero attached hydrogens (tertiary/aromatic N) is 1. The van der Waals surface area contributed by atoms with Gasteiger partial charge in [-0.15, -0.1) is 0 Å². The lowest BCUT2D eigenvalue weighted by molar-refractivity contribution is 0.0965. The van der Waals surface area contributed by atoms with Crippen LogP contribution in [0.3, 0.4) is 0 Å². The molecule has 102 valence electrons. The van der Waals surface area contributed by atoms with E-state index in [2.05, 4.69) is 17.1 Å². The average Bonchev–Trinajstić information content (AvgIpc) is 3.35. The van der Waals surface area contributed by atoms with Crippen LogP contribution in [0.5, 0.6) is 0 Å². The Morgan fingerprint density at radius 1 is 1.00 bits per heavy atom. The molecule has 0 bridgehead atoms. The smallest absolute Gasteiger partial charge is 0.166 e. The zero-order chi connectivity index (χ0) is 14.2. The van der Waals surface area contributed by atoms with Crippen molar-refractivity contribution in [2.45, 2.75) is 12.3 Å². The molecule has 1 fully saturated rings. The second-order valence-corrected chi connectivity index (χ2v) is 5.63. The van der Waals surface area contributed by atoms with E-state index in [1.54, 1.807) is 6.20 Å². The summed E-state index contributed by atoms with van der Waals surface area (Å²) < 4.78 is 0. The van der Waals surface area contributed by atoms with Gasteiger partial charge >= 0.3 is 0 Å². The first-order valence-electron chi connectivity index (χ1n) is 7.27. The number of ketones is 1. The fourth-order valence-corrected chi connectivity index (χ4v) is 3.00. The van der Waals surface area contributed by atoms with Crippen LogP contribution in [0.25, 0.3) is 10.9 Å². The van der Waals surface area contributed by atoms with Gasteiger partial charge in [-0.1, -0.05) is 36.4 Å². The molecular formula is C19H15NO. The third-order valence-electron chi connectivity index (χ3n) is 4.24. The first-order valence-corrected chi connectivity index (χ1v) is 7.27. The molecule has 4 rings (SSSR count). The first kappa shape index (κ1) is 12.3. The lowest BCUT2D eigenvalue weighted by atomic mass is 10.0. The van der Waals surface area contributed by atoms with Crippen molar-refractivity contribution in [3.8, 4) is 0 Å². The Morgan fingerprint density at radius 3 is 2.71 bits per heavy atom. The Balaban J connectivity index is 1.60. The van der Waals surface area contributed by atoms with Gasteiger partial charge in [-0.25, -0.2) is 0 Å². The molecule has 0 aliphatic heterocycles. The van der Waals surface area contributed by atoms with E-state index in [4.69, 9.17) is 0 Å². The van der Waals surface area contributed by atoms with Gasteiger partial charge in [0, 0.05) is 23.1 Å². The minimum absolute atomic E-state index is 0.140. The average molecular weight is 273 g/mol. The highest BCUT2D eigenvalue weighted by molar-refractivity contribution is 6.02. The van der Waals surface area contributed by atoms with Gasteiger partial charge in [-0.2, -0.15) is 0 Å². The summed E-state index contributed by atoms with van der Waals surface area (Å²) in [6, 6.07) is 20.0. The molecule has 0 radical (unpaired) electrons. The Kier molecular flexibility index (Phi) is 2.81. The Bertz CT molecular complexity index is 810. The zero-order valence-electron chi connectivity index (χ0n) is 11.6. The maximum Gasteiger partial charge on any atom is 0.166 e. The Labute approximate surface area is 123 Å². The number of carbonyl (C=O) groups is 1. The van der Waals surface area contributed by atoms with E-state index in [1.807, 2.05) is 48.5 Å². The van der Waals surface area contributed by atoms with Crippen molar-refractivity contribution in [3.63, 3.8) is 0 Å². The second kappa shape index (κ2) is 4.81. The minimum Gasteiger partial charge on any atom is -0.294 e. The van der Waals surface area contributed by atoms with E-state index < -0.39 is 0 Å². The Morgan fingerprint density at radius 2 is 1.86 bits per heavy atom. The van der Waals surface area contributed by atoms with Crippen LogP contribution in [0, 0.1) is 5.92 Å². The molecule has 1 aliphatic carbocycles. The van der Waals surface area contributed by atoms with E-state index in [1.165, 1.54) is 5.56 Å². The molecule has 2 atom stereocenters. The van der Waals surface area contributed by atoms with E-state index in [9.17, 15) is 4.79 Å². The van der Waals surface area contributed by atoms with Crippen LogP contribution < -0.4 is 0 Å². The quantitative estimate of drug-likeness (QED) is 0.669. The Hall–Kier alpha value is -2.48. The highest BCUT2D eigenvalue weighted by atomic mass is 16.1. The maximum atomic E-state index is 12.6. The lowest BCUT2D eigenvalue weighted by Crippen LogP contribution is -2.03. The fraction of sp³-hybridized carbons (Fsp3) is 0.158. The second-order valence-electron chi connectivity index (χ2n) is 5.63. The number of fused-ring (bicyclic) bond motifs is 1. The van der Waals surface area contributed by atoms with Crippen molar-refractivity contribution >= 4 is 16.7 Å². The van der Waals surface area contributed by atoms with Crippen LogP contribution in [0.1, 0.15) is 28.3 Å². The number of pyridine rings is 1. The van der Waals surface area contributed by atoms with Gasteiger partial charge in [0.1, 0.15) is 0 Å².